The number of aromatic nitrogens is 4. The predicted octanol–water partition coefficient (Wildman–Crippen LogP) is 2.67. The number of likely N-dealkylation sites (N-methyl/N-ethyl adjacent to an activating group) is 1. The molecule has 0 radical (unpaired) electrons. The summed E-state index contributed by atoms with van der Waals surface area (Å²) in [6, 6.07) is 7.84. The highest BCUT2D eigenvalue weighted by Gasteiger charge is 2.20. The number of fused-ring (bicyclic) bond motifs is 1. The van der Waals surface area contributed by atoms with E-state index in [9.17, 15) is 0 Å². The average molecular weight is 357 g/mol. The second kappa shape index (κ2) is 6.98. The molecule has 0 spiro atoms. The first-order valence-corrected chi connectivity index (χ1v) is 9.01. The van der Waals surface area contributed by atoms with Crippen molar-refractivity contribution in [2.24, 2.45) is 0 Å². The highest BCUT2D eigenvalue weighted by atomic mass is 35.5. The highest BCUT2D eigenvalue weighted by molar-refractivity contribution is 6.31. The SMILES string of the molecule is CCN1CCN(c2ncnc3c2cnn3Cc2ccccc2Cl)CC1. The van der Waals surface area contributed by atoms with Crippen LogP contribution in [0.2, 0.25) is 5.02 Å². The van der Waals surface area contributed by atoms with E-state index in [1.807, 2.05) is 35.1 Å². The van der Waals surface area contributed by atoms with Crippen LogP contribution in [-0.2, 0) is 6.54 Å². The van der Waals surface area contributed by atoms with Crippen molar-refractivity contribution in [2.75, 3.05) is 37.6 Å². The van der Waals surface area contributed by atoms with Gasteiger partial charge in [0.1, 0.15) is 12.1 Å². The summed E-state index contributed by atoms with van der Waals surface area (Å²) in [6.07, 6.45) is 3.50. The maximum Gasteiger partial charge on any atom is 0.163 e. The van der Waals surface area contributed by atoms with Gasteiger partial charge in [-0.25, -0.2) is 14.6 Å². The van der Waals surface area contributed by atoms with Crippen LogP contribution in [0.15, 0.2) is 36.8 Å². The molecule has 1 fully saturated rings. The Labute approximate surface area is 152 Å². The van der Waals surface area contributed by atoms with E-state index in [0.717, 1.165) is 60.2 Å². The molecule has 0 bridgehead atoms. The van der Waals surface area contributed by atoms with Crippen molar-refractivity contribution < 1.29 is 0 Å². The molecule has 0 N–H and O–H groups in total. The molecule has 0 atom stereocenters. The lowest BCUT2D eigenvalue weighted by molar-refractivity contribution is 0.271. The minimum absolute atomic E-state index is 0.600. The van der Waals surface area contributed by atoms with Crippen molar-refractivity contribution in [1.82, 2.24) is 24.6 Å². The van der Waals surface area contributed by atoms with Gasteiger partial charge in [-0.15, -0.1) is 0 Å². The first kappa shape index (κ1) is 16.3. The zero-order valence-electron chi connectivity index (χ0n) is 14.3. The average Bonchev–Trinajstić information content (AvgIpc) is 3.07. The molecule has 1 saturated heterocycles. The van der Waals surface area contributed by atoms with Gasteiger partial charge in [0.05, 0.1) is 18.1 Å². The molecule has 1 aliphatic rings. The van der Waals surface area contributed by atoms with Gasteiger partial charge in [0, 0.05) is 31.2 Å². The standard InChI is InChI=1S/C18H21ClN6/c1-2-23-7-9-24(10-8-23)17-15-11-22-25(18(15)21-13-20-17)12-14-5-3-4-6-16(14)19/h3-6,11,13H,2,7-10,12H2,1H3. The fourth-order valence-corrected chi connectivity index (χ4v) is 3.51. The Balaban J connectivity index is 1.63. The number of hydrogen-bond acceptors (Lipinski definition) is 5. The first-order valence-electron chi connectivity index (χ1n) is 8.63. The number of nitrogens with zero attached hydrogens (tertiary/aromatic N) is 6. The zero-order valence-corrected chi connectivity index (χ0v) is 15.0. The summed E-state index contributed by atoms with van der Waals surface area (Å²) in [5.41, 5.74) is 1.88. The van der Waals surface area contributed by atoms with Crippen LogP contribution in [0.5, 0.6) is 0 Å². The maximum atomic E-state index is 6.29. The minimum Gasteiger partial charge on any atom is -0.353 e. The van der Waals surface area contributed by atoms with Crippen molar-refractivity contribution in [2.45, 2.75) is 13.5 Å². The van der Waals surface area contributed by atoms with Crippen LogP contribution in [0.1, 0.15) is 12.5 Å². The molecule has 1 aliphatic heterocycles. The summed E-state index contributed by atoms with van der Waals surface area (Å²) in [6.45, 7) is 8.00. The number of benzene rings is 1. The number of anilines is 1. The first-order chi connectivity index (χ1) is 12.3. The highest BCUT2D eigenvalue weighted by Crippen LogP contribution is 2.25. The Morgan fingerprint density at radius 3 is 2.64 bits per heavy atom. The van der Waals surface area contributed by atoms with Crippen LogP contribution in [0.4, 0.5) is 5.82 Å². The third-order valence-electron chi connectivity index (χ3n) is 4.81. The summed E-state index contributed by atoms with van der Waals surface area (Å²) in [5, 5.41) is 6.28. The van der Waals surface area contributed by atoms with Crippen molar-refractivity contribution in [3.8, 4) is 0 Å². The van der Waals surface area contributed by atoms with Gasteiger partial charge in [0.15, 0.2) is 5.65 Å². The Bertz CT molecular complexity index is 869. The van der Waals surface area contributed by atoms with E-state index < -0.39 is 0 Å². The van der Waals surface area contributed by atoms with E-state index in [2.05, 4.69) is 31.8 Å². The number of hydrogen-bond donors (Lipinski definition) is 0. The van der Waals surface area contributed by atoms with Gasteiger partial charge < -0.3 is 9.80 Å². The van der Waals surface area contributed by atoms with Crippen LogP contribution in [0.3, 0.4) is 0 Å². The minimum atomic E-state index is 0.600. The molecule has 3 aromatic rings. The predicted molar refractivity (Wildman–Crippen MR) is 100 cm³/mol. The third kappa shape index (κ3) is 3.19. The molecular weight excluding hydrogens is 336 g/mol. The van der Waals surface area contributed by atoms with Crippen molar-refractivity contribution in [3.05, 3.63) is 47.4 Å². The quantitative estimate of drug-likeness (QED) is 0.719. The molecule has 130 valence electrons. The molecule has 7 heteroatoms. The summed E-state index contributed by atoms with van der Waals surface area (Å²) in [5.74, 6) is 0.978. The van der Waals surface area contributed by atoms with Gasteiger partial charge in [-0.1, -0.05) is 36.7 Å². The molecule has 4 rings (SSSR count). The van der Waals surface area contributed by atoms with Crippen LogP contribution in [-0.4, -0.2) is 57.4 Å². The third-order valence-corrected chi connectivity index (χ3v) is 5.18. The lowest BCUT2D eigenvalue weighted by Gasteiger charge is -2.34. The van der Waals surface area contributed by atoms with E-state index in [1.165, 1.54) is 0 Å². The number of rotatable bonds is 4. The lowest BCUT2D eigenvalue weighted by Crippen LogP contribution is -2.46. The molecule has 0 aliphatic carbocycles. The Kier molecular flexibility index (Phi) is 4.55. The molecule has 0 amide bonds. The molecule has 6 nitrogen and oxygen atoms in total. The van der Waals surface area contributed by atoms with Gasteiger partial charge in [0.2, 0.25) is 0 Å². The molecular formula is C18H21ClN6. The maximum absolute atomic E-state index is 6.29. The van der Waals surface area contributed by atoms with Gasteiger partial charge in [-0.05, 0) is 18.2 Å². The van der Waals surface area contributed by atoms with E-state index in [0.29, 0.717) is 6.54 Å². The summed E-state index contributed by atoms with van der Waals surface area (Å²) in [7, 11) is 0. The molecule has 1 aromatic carbocycles. The molecule has 2 aromatic heterocycles. The van der Waals surface area contributed by atoms with E-state index in [-0.39, 0.29) is 0 Å². The lowest BCUT2D eigenvalue weighted by atomic mass is 10.2. The van der Waals surface area contributed by atoms with E-state index in [4.69, 9.17) is 11.6 Å². The monoisotopic (exact) mass is 356 g/mol. The summed E-state index contributed by atoms with van der Waals surface area (Å²) < 4.78 is 1.89. The fraction of sp³-hybridized carbons (Fsp3) is 0.389. The fourth-order valence-electron chi connectivity index (χ4n) is 3.31. The molecule has 25 heavy (non-hydrogen) atoms. The van der Waals surface area contributed by atoms with Gasteiger partial charge in [-0.2, -0.15) is 5.10 Å². The van der Waals surface area contributed by atoms with Gasteiger partial charge in [0.25, 0.3) is 0 Å². The summed E-state index contributed by atoms with van der Waals surface area (Å²) >= 11 is 6.29. The Morgan fingerprint density at radius 2 is 1.88 bits per heavy atom. The molecule has 3 heterocycles. The zero-order chi connectivity index (χ0) is 17.2. The number of halogens is 1. The molecule has 0 unspecified atom stereocenters. The van der Waals surface area contributed by atoms with E-state index in [1.54, 1.807) is 6.33 Å². The van der Waals surface area contributed by atoms with Crippen molar-refractivity contribution >= 4 is 28.5 Å². The normalized spacial score (nSPS) is 15.8. The van der Waals surface area contributed by atoms with Crippen molar-refractivity contribution in [3.63, 3.8) is 0 Å². The van der Waals surface area contributed by atoms with Gasteiger partial charge in [-0.3, -0.25) is 0 Å². The summed E-state index contributed by atoms with van der Waals surface area (Å²) in [4.78, 5) is 13.8. The largest absolute Gasteiger partial charge is 0.353 e. The Hall–Kier alpha value is -2.18. The molecule has 0 saturated carbocycles. The topological polar surface area (TPSA) is 50.1 Å². The van der Waals surface area contributed by atoms with Crippen LogP contribution >= 0.6 is 11.6 Å². The number of piperazine rings is 1. The van der Waals surface area contributed by atoms with Gasteiger partial charge >= 0.3 is 0 Å². The second-order valence-electron chi connectivity index (χ2n) is 6.25. The smallest absolute Gasteiger partial charge is 0.163 e. The second-order valence-corrected chi connectivity index (χ2v) is 6.66. The van der Waals surface area contributed by atoms with Crippen LogP contribution < -0.4 is 4.90 Å². The van der Waals surface area contributed by atoms with Crippen LogP contribution in [0.25, 0.3) is 11.0 Å². The van der Waals surface area contributed by atoms with Crippen LogP contribution in [0, 0.1) is 0 Å². The Morgan fingerprint density at radius 1 is 1.08 bits per heavy atom. The van der Waals surface area contributed by atoms with Crippen molar-refractivity contribution in [1.29, 1.82) is 0 Å². The van der Waals surface area contributed by atoms with E-state index >= 15 is 0 Å².